The molecule has 0 amide bonds. The van der Waals surface area contributed by atoms with Crippen LogP contribution >= 0.6 is 22.9 Å². The van der Waals surface area contributed by atoms with Crippen LogP contribution in [0.1, 0.15) is 25.6 Å². The Labute approximate surface area is 105 Å². The highest BCUT2D eigenvalue weighted by atomic mass is 35.5. The zero-order valence-electron chi connectivity index (χ0n) is 9.62. The third-order valence-corrected chi connectivity index (χ3v) is 4.02. The third-order valence-electron chi connectivity index (χ3n) is 2.32. The van der Waals surface area contributed by atoms with Crippen molar-refractivity contribution in [3.63, 3.8) is 0 Å². The fraction of sp³-hybridized carbons (Fsp3) is 0.308. The smallest absolute Gasteiger partial charge is 0.123 e. The number of hydrogen-bond donors (Lipinski definition) is 0. The van der Waals surface area contributed by atoms with Crippen LogP contribution in [0.15, 0.2) is 30.5 Å². The lowest BCUT2D eigenvalue weighted by Gasteiger charge is -2.14. The lowest BCUT2D eigenvalue weighted by molar-refractivity contribution is 0.602. The molecule has 0 aliphatic heterocycles. The first-order valence-corrected chi connectivity index (χ1v) is 6.38. The van der Waals surface area contributed by atoms with Crippen molar-refractivity contribution in [2.75, 3.05) is 0 Å². The Balaban J connectivity index is 2.39. The molecule has 0 radical (unpaired) electrons. The summed E-state index contributed by atoms with van der Waals surface area (Å²) in [6, 6.07) is 7.82. The first kappa shape index (κ1) is 11.6. The van der Waals surface area contributed by atoms with Gasteiger partial charge in [-0.2, -0.15) is 0 Å². The van der Waals surface area contributed by atoms with E-state index >= 15 is 0 Å². The van der Waals surface area contributed by atoms with Crippen molar-refractivity contribution in [3.05, 3.63) is 40.4 Å². The highest BCUT2D eigenvalue weighted by Crippen LogP contribution is 2.33. The summed E-state index contributed by atoms with van der Waals surface area (Å²) < 4.78 is 0. The second-order valence-corrected chi connectivity index (χ2v) is 6.26. The van der Waals surface area contributed by atoms with Crippen molar-refractivity contribution >= 4 is 22.9 Å². The van der Waals surface area contributed by atoms with Gasteiger partial charge in [0, 0.05) is 21.7 Å². The molecule has 16 heavy (non-hydrogen) atoms. The molecule has 0 fully saturated rings. The van der Waals surface area contributed by atoms with Crippen LogP contribution in [-0.4, -0.2) is 4.98 Å². The van der Waals surface area contributed by atoms with Crippen molar-refractivity contribution in [1.82, 2.24) is 4.98 Å². The predicted molar refractivity (Wildman–Crippen MR) is 71.3 cm³/mol. The van der Waals surface area contributed by atoms with Gasteiger partial charge in [-0.3, -0.25) is 0 Å². The topological polar surface area (TPSA) is 12.9 Å². The molecule has 0 saturated carbocycles. The minimum absolute atomic E-state index is 0.161. The Morgan fingerprint density at radius 2 is 2.00 bits per heavy atom. The van der Waals surface area contributed by atoms with Crippen LogP contribution in [0.4, 0.5) is 0 Å². The number of thiazole rings is 1. The highest BCUT2D eigenvalue weighted by Gasteiger charge is 2.17. The van der Waals surface area contributed by atoms with E-state index in [0.29, 0.717) is 0 Å². The van der Waals surface area contributed by atoms with Gasteiger partial charge >= 0.3 is 0 Å². The summed E-state index contributed by atoms with van der Waals surface area (Å²) in [5, 5.41) is 1.79. The van der Waals surface area contributed by atoms with Gasteiger partial charge < -0.3 is 0 Å². The van der Waals surface area contributed by atoms with Crippen molar-refractivity contribution in [1.29, 1.82) is 0 Å². The van der Waals surface area contributed by atoms with Gasteiger partial charge in [0.05, 0.1) is 0 Å². The molecule has 1 aromatic carbocycles. The van der Waals surface area contributed by atoms with Gasteiger partial charge in [0.1, 0.15) is 5.01 Å². The molecule has 0 spiro atoms. The Kier molecular flexibility index (Phi) is 3.04. The number of hydrogen-bond acceptors (Lipinski definition) is 2. The van der Waals surface area contributed by atoms with Gasteiger partial charge in [0.15, 0.2) is 0 Å². The molecule has 0 atom stereocenters. The zero-order valence-corrected chi connectivity index (χ0v) is 11.2. The lowest BCUT2D eigenvalue weighted by Crippen LogP contribution is -2.07. The highest BCUT2D eigenvalue weighted by molar-refractivity contribution is 7.15. The van der Waals surface area contributed by atoms with E-state index in [1.54, 1.807) is 11.3 Å². The molecule has 0 bridgehead atoms. The Hall–Kier alpha value is -0.860. The van der Waals surface area contributed by atoms with Crippen LogP contribution in [0, 0.1) is 0 Å². The normalized spacial score (nSPS) is 11.8. The van der Waals surface area contributed by atoms with Crippen LogP contribution in [0.25, 0.3) is 10.6 Å². The molecular formula is C13H14ClNS. The van der Waals surface area contributed by atoms with E-state index in [4.69, 9.17) is 11.6 Å². The van der Waals surface area contributed by atoms with Gasteiger partial charge in [-0.05, 0) is 17.5 Å². The standard InChI is InChI=1S/C13H14ClNS/c1-13(2,3)11-8-15-12(16-11)9-5-4-6-10(14)7-9/h4-8H,1-3H3. The molecule has 84 valence electrons. The molecule has 0 aliphatic rings. The van der Waals surface area contributed by atoms with Gasteiger partial charge in [-0.1, -0.05) is 44.5 Å². The Bertz CT molecular complexity index is 497. The average molecular weight is 252 g/mol. The SMILES string of the molecule is CC(C)(C)c1cnc(-c2cccc(Cl)c2)s1. The maximum atomic E-state index is 5.97. The van der Waals surface area contributed by atoms with Crippen molar-refractivity contribution in [2.45, 2.75) is 26.2 Å². The van der Waals surface area contributed by atoms with E-state index in [1.165, 1.54) is 4.88 Å². The predicted octanol–water partition coefficient (Wildman–Crippen LogP) is 4.76. The Morgan fingerprint density at radius 3 is 2.56 bits per heavy atom. The first-order chi connectivity index (χ1) is 7.47. The molecule has 1 aromatic heterocycles. The van der Waals surface area contributed by atoms with E-state index in [2.05, 4.69) is 25.8 Å². The number of aromatic nitrogens is 1. The van der Waals surface area contributed by atoms with Crippen LogP contribution in [0.2, 0.25) is 5.02 Å². The zero-order chi connectivity index (χ0) is 11.8. The number of nitrogens with zero attached hydrogens (tertiary/aromatic N) is 1. The van der Waals surface area contributed by atoms with Gasteiger partial charge in [0.25, 0.3) is 0 Å². The molecule has 0 N–H and O–H groups in total. The van der Waals surface area contributed by atoms with Gasteiger partial charge in [0.2, 0.25) is 0 Å². The summed E-state index contributed by atoms with van der Waals surface area (Å²) in [6.45, 7) is 6.59. The molecule has 1 nitrogen and oxygen atoms in total. The van der Waals surface area contributed by atoms with E-state index in [0.717, 1.165) is 15.6 Å². The van der Waals surface area contributed by atoms with Crippen LogP contribution in [0.3, 0.4) is 0 Å². The molecule has 0 aliphatic carbocycles. The van der Waals surface area contributed by atoms with E-state index in [1.807, 2.05) is 30.5 Å². The summed E-state index contributed by atoms with van der Waals surface area (Å²) in [7, 11) is 0. The summed E-state index contributed by atoms with van der Waals surface area (Å²) in [6.07, 6.45) is 1.96. The molecule has 2 aromatic rings. The first-order valence-electron chi connectivity index (χ1n) is 5.19. The minimum atomic E-state index is 0.161. The molecule has 3 heteroatoms. The van der Waals surface area contributed by atoms with Crippen LogP contribution < -0.4 is 0 Å². The molecule has 0 saturated heterocycles. The number of benzene rings is 1. The summed E-state index contributed by atoms with van der Waals surface area (Å²) in [5.41, 5.74) is 1.25. The quantitative estimate of drug-likeness (QED) is 0.712. The van der Waals surface area contributed by atoms with E-state index < -0.39 is 0 Å². The van der Waals surface area contributed by atoms with E-state index in [9.17, 15) is 0 Å². The third kappa shape index (κ3) is 2.45. The molecular weight excluding hydrogens is 238 g/mol. The Morgan fingerprint density at radius 1 is 1.25 bits per heavy atom. The van der Waals surface area contributed by atoms with Gasteiger partial charge in [-0.25, -0.2) is 4.98 Å². The van der Waals surface area contributed by atoms with E-state index in [-0.39, 0.29) is 5.41 Å². The van der Waals surface area contributed by atoms with Crippen molar-refractivity contribution < 1.29 is 0 Å². The molecule has 0 unspecified atom stereocenters. The monoisotopic (exact) mass is 251 g/mol. The van der Waals surface area contributed by atoms with Crippen molar-refractivity contribution in [2.24, 2.45) is 0 Å². The molecule has 2 rings (SSSR count). The largest absolute Gasteiger partial charge is 0.244 e. The van der Waals surface area contributed by atoms with Crippen molar-refractivity contribution in [3.8, 4) is 10.6 Å². The molecule has 1 heterocycles. The second-order valence-electron chi connectivity index (χ2n) is 4.79. The second kappa shape index (κ2) is 4.19. The average Bonchev–Trinajstić information content (AvgIpc) is 2.65. The van der Waals surface area contributed by atoms with Crippen LogP contribution in [0.5, 0.6) is 0 Å². The maximum Gasteiger partial charge on any atom is 0.123 e. The fourth-order valence-electron chi connectivity index (χ4n) is 1.38. The number of rotatable bonds is 1. The van der Waals surface area contributed by atoms with Crippen LogP contribution in [-0.2, 0) is 5.41 Å². The summed E-state index contributed by atoms with van der Waals surface area (Å²) >= 11 is 7.70. The number of halogens is 1. The van der Waals surface area contributed by atoms with Gasteiger partial charge in [-0.15, -0.1) is 11.3 Å². The minimum Gasteiger partial charge on any atom is -0.244 e. The summed E-state index contributed by atoms with van der Waals surface area (Å²) in [5.74, 6) is 0. The lowest BCUT2D eigenvalue weighted by atomic mass is 9.96. The summed E-state index contributed by atoms with van der Waals surface area (Å²) in [4.78, 5) is 5.75. The maximum absolute atomic E-state index is 5.97. The fourth-order valence-corrected chi connectivity index (χ4v) is 2.54.